The number of guanidine groups is 1. The van der Waals surface area contributed by atoms with Gasteiger partial charge in [-0.1, -0.05) is 13.3 Å². The molecule has 0 fully saturated rings. The van der Waals surface area contributed by atoms with E-state index >= 15 is 0 Å². The first kappa shape index (κ1) is 12.3. The van der Waals surface area contributed by atoms with Crippen LogP contribution < -0.4 is 10.6 Å². The first-order chi connectivity index (χ1) is 7.43. The number of aliphatic imine (C=N–C) groups is 1. The van der Waals surface area contributed by atoms with Crippen LogP contribution in [-0.2, 0) is 4.74 Å². The van der Waals surface area contributed by atoms with Gasteiger partial charge in [0.15, 0.2) is 5.96 Å². The van der Waals surface area contributed by atoms with Gasteiger partial charge in [0.2, 0.25) is 0 Å². The lowest BCUT2D eigenvalue weighted by Gasteiger charge is -2.15. The third-order valence-electron chi connectivity index (χ3n) is 2.30. The van der Waals surface area contributed by atoms with Crippen molar-refractivity contribution in [1.29, 1.82) is 0 Å². The highest BCUT2D eigenvalue weighted by molar-refractivity contribution is 5.80. The van der Waals surface area contributed by atoms with Gasteiger partial charge in [0.05, 0.1) is 0 Å². The highest BCUT2D eigenvalue weighted by Crippen LogP contribution is 1.90. The molecule has 0 unspecified atom stereocenters. The van der Waals surface area contributed by atoms with Crippen molar-refractivity contribution >= 4 is 5.96 Å². The van der Waals surface area contributed by atoms with E-state index < -0.39 is 0 Å². The Morgan fingerprint density at radius 2 is 2.27 bits per heavy atom. The molecule has 1 rings (SSSR count). The van der Waals surface area contributed by atoms with E-state index in [1.165, 1.54) is 12.8 Å². The van der Waals surface area contributed by atoms with Crippen molar-refractivity contribution in [2.75, 3.05) is 32.8 Å². The highest BCUT2D eigenvalue weighted by atomic mass is 16.5. The Bertz CT molecular complexity index is 183. The molecule has 0 amide bonds. The summed E-state index contributed by atoms with van der Waals surface area (Å²) < 4.78 is 5.46. The number of rotatable bonds is 7. The number of hydrogen-bond donors (Lipinski definition) is 2. The molecule has 4 nitrogen and oxygen atoms in total. The quantitative estimate of drug-likeness (QED) is 0.623. The number of nitrogens with one attached hydrogen (secondary N) is 2. The molecule has 1 heterocycles. The predicted molar refractivity (Wildman–Crippen MR) is 63.3 cm³/mol. The van der Waals surface area contributed by atoms with Gasteiger partial charge in [-0.25, -0.2) is 0 Å². The molecule has 1 aliphatic rings. The molecule has 4 heteroatoms. The van der Waals surface area contributed by atoms with Crippen molar-refractivity contribution in [2.45, 2.75) is 32.6 Å². The summed E-state index contributed by atoms with van der Waals surface area (Å²) in [6, 6.07) is 0. The summed E-state index contributed by atoms with van der Waals surface area (Å²) in [6.45, 7) is 6.85. The van der Waals surface area contributed by atoms with Gasteiger partial charge in [0, 0.05) is 32.8 Å². The van der Waals surface area contributed by atoms with Crippen molar-refractivity contribution in [3.05, 3.63) is 0 Å². The van der Waals surface area contributed by atoms with Gasteiger partial charge in [-0.2, -0.15) is 0 Å². The van der Waals surface area contributed by atoms with Gasteiger partial charge >= 0.3 is 0 Å². The smallest absolute Gasteiger partial charge is 0.191 e. The summed E-state index contributed by atoms with van der Waals surface area (Å²) >= 11 is 0. The lowest BCUT2D eigenvalue weighted by Crippen LogP contribution is -2.41. The van der Waals surface area contributed by atoms with Crippen LogP contribution in [0.1, 0.15) is 32.6 Å². The summed E-state index contributed by atoms with van der Waals surface area (Å²) in [5.41, 5.74) is 0. The fourth-order valence-corrected chi connectivity index (χ4v) is 1.38. The zero-order valence-corrected chi connectivity index (χ0v) is 9.72. The van der Waals surface area contributed by atoms with Crippen LogP contribution in [0.25, 0.3) is 0 Å². The van der Waals surface area contributed by atoms with Crippen LogP contribution in [0.5, 0.6) is 0 Å². The van der Waals surface area contributed by atoms with Gasteiger partial charge in [0.1, 0.15) is 0 Å². The largest absolute Gasteiger partial charge is 0.381 e. The van der Waals surface area contributed by atoms with Crippen LogP contribution in [0.3, 0.4) is 0 Å². The minimum absolute atomic E-state index is 0.848. The van der Waals surface area contributed by atoms with Crippen molar-refractivity contribution in [1.82, 2.24) is 10.6 Å². The van der Waals surface area contributed by atoms with E-state index in [1.807, 2.05) is 0 Å². The van der Waals surface area contributed by atoms with Crippen molar-refractivity contribution in [2.24, 2.45) is 4.99 Å². The average molecular weight is 213 g/mol. The number of nitrogens with zero attached hydrogens (tertiary/aromatic N) is 1. The van der Waals surface area contributed by atoms with Gasteiger partial charge < -0.3 is 15.4 Å². The molecular formula is C11H23N3O. The van der Waals surface area contributed by atoms with E-state index in [2.05, 4.69) is 22.5 Å². The lowest BCUT2D eigenvalue weighted by atomic mass is 10.3. The Labute approximate surface area is 92.5 Å². The van der Waals surface area contributed by atoms with Crippen LogP contribution in [-0.4, -0.2) is 38.8 Å². The summed E-state index contributed by atoms with van der Waals surface area (Å²) in [4.78, 5) is 4.33. The van der Waals surface area contributed by atoms with Crippen LogP contribution in [0.4, 0.5) is 0 Å². The molecule has 0 spiro atoms. The molecule has 1 aliphatic heterocycles. The summed E-state index contributed by atoms with van der Waals surface area (Å²) in [6.07, 6.45) is 4.57. The van der Waals surface area contributed by atoms with E-state index in [0.29, 0.717) is 0 Å². The molecule has 0 aromatic carbocycles. The number of unbranched alkanes of at least 4 members (excludes halogenated alkanes) is 1. The molecule has 0 aromatic heterocycles. The standard InChI is InChI=1S/C11H23N3O/c1-2-3-9-15-10-5-8-14-11-12-6-4-7-13-11/h2-10H2,1H3,(H2,12,13,14). The third-order valence-corrected chi connectivity index (χ3v) is 2.30. The molecule has 0 saturated carbocycles. The normalized spacial score (nSPS) is 15.7. The molecule has 0 radical (unpaired) electrons. The fourth-order valence-electron chi connectivity index (χ4n) is 1.38. The fraction of sp³-hybridized carbons (Fsp3) is 0.909. The van der Waals surface area contributed by atoms with Crippen molar-refractivity contribution < 1.29 is 4.74 Å². The van der Waals surface area contributed by atoms with Crippen LogP contribution in [0.15, 0.2) is 4.99 Å². The van der Waals surface area contributed by atoms with Crippen molar-refractivity contribution in [3.63, 3.8) is 0 Å². The van der Waals surface area contributed by atoms with Crippen molar-refractivity contribution in [3.8, 4) is 0 Å². The van der Waals surface area contributed by atoms with E-state index in [-0.39, 0.29) is 0 Å². The van der Waals surface area contributed by atoms with Gasteiger partial charge in [-0.15, -0.1) is 0 Å². The topological polar surface area (TPSA) is 45.6 Å². The molecule has 0 aliphatic carbocycles. The van der Waals surface area contributed by atoms with Crippen LogP contribution >= 0.6 is 0 Å². The third kappa shape index (κ3) is 6.33. The summed E-state index contributed by atoms with van der Waals surface area (Å²) in [7, 11) is 0. The van der Waals surface area contributed by atoms with E-state index in [0.717, 1.165) is 51.6 Å². The lowest BCUT2D eigenvalue weighted by molar-refractivity contribution is 0.129. The van der Waals surface area contributed by atoms with E-state index in [1.54, 1.807) is 0 Å². The number of ether oxygens (including phenoxy) is 1. The molecule has 0 saturated heterocycles. The maximum Gasteiger partial charge on any atom is 0.191 e. The zero-order chi connectivity index (χ0) is 10.8. The predicted octanol–water partition coefficient (Wildman–Crippen LogP) is 1.13. The molecule has 2 N–H and O–H groups in total. The second-order valence-electron chi connectivity index (χ2n) is 3.76. The second-order valence-corrected chi connectivity index (χ2v) is 3.76. The molecule has 0 bridgehead atoms. The molecule has 0 atom stereocenters. The SMILES string of the molecule is CCCCOCCCNC1=NCCCN1. The summed E-state index contributed by atoms with van der Waals surface area (Å²) in [5, 5.41) is 6.50. The van der Waals surface area contributed by atoms with Gasteiger partial charge in [-0.3, -0.25) is 4.99 Å². The Kier molecular flexibility index (Phi) is 7.00. The average Bonchev–Trinajstić information content (AvgIpc) is 2.29. The monoisotopic (exact) mass is 213 g/mol. The zero-order valence-electron chi connectivity index (χ0n) is 9.72. The van der Waals surface area contributed by atoms with Gasteiger partial charge in [0.25, 0.3) is 0 Å². The highest BCUT2D eigenvalue weighted by Gasteiger charge is 2.01. The Hall–Kier alpha value is -0.770. The minimum Gasteiger partial charge on any atom is -0.381 e. The molecule has 88 valence electrons. The molecule has 15 heavy (non-hydrogen) atoms. The molecular weight excluding hydrogens is 190 g/mol. The first-order valence-electron chi connectivity index (χ1n) is 6.03. The van der Waals surface area contributed by atoms with Crippen LogP contribution in [0, 0.1) is 0 Å². The first-order valence-corrected chi connectivity index (χ1v) is 6.03. The number of hydrogen-bond acceptors (Lipinski definition) is 4. The Balaban J connectivity index is 1.86. The van der Waals surface area contributed by atoms with E-state index in [4.69, 9.17) is 4.74 Å². The molecule has 0 aromatic rings. The Morgan fingerprint density at radius 1 is 1.40 bits per heavy atom. The second kappa shape index (κ2) is 8.53. The maximum atomic E-state index is 5.46. The maximum absolute atomic E-state index is 5.46. The van der Waals surface area contributed by atoms with E-state index in [9.17, 15) is 0 Å². The minimum atomic E-state index is 0.848. The van der Waals surface area contributed by atoms with Gasteiger partial charge in [-0.05, 0) is 19.3 Å². The Morgan fingerprint density at radius 3 is 3.00 bits per heavy atom. The summed E-state index contributed by atoms with van der Waals surface area (Å²) in [5.74, 6) is 0.954. The van der Waals surface area contributed by atoms with Crippen LogP contribution in [0.2, 0.25) is 0 Å².